The van der Waals surface area contributed by atoms with Crippen molar-refractivity contribution in [2.24, 2.45) is 5.92 Å². The number of hydrogen-bond donors (Lipinski definition) is 0. The first-order chi connectivity index (χ1) is 9.06. The topological polar surface area (TPSA) is 81.6 Å². The molecule has 19 heavy (non-hydrogen) atoms. The summed E-state index contributed by atoms with van der Waals surface area (Å²) in [6.07, 6.45) is 0.887. The number of halogens is 1. The smallest absolute Gasteiger partial charge is 0.318 e. The fraction of sp³-hybridized carbons (Fsp3) is 0.455. The molecule has 1 aromatic rings. The van der Waals surface area contributed by atoms with Gasteiger partial charge in [0.05, 0.1) is 26.3 Å². The van der Waals surface area contributed by atoms with Crippen molar-refractivity contribution in [1.82, 2.24) is 9.97 Å². The average molecular weight is 269 g/mol. The van der Waals surface area contributed by atoms with Gasteiger partial charge in [-0.15, -0.1) is 0 Å². The molecule has 0 N–H and O–H groups in total. The molecule has 0 aliphatic carbocycles. The molecule has 0 radical (unpaired) electrons. The Labute approximate surface area is 108 Å². The van der Waals surface area contributed by atoms with Crippen LogP contribution in [0.25, 0.3) is 0 Å². The number of hydrogen-bond acceptors (Lipinski definition) is 6. The molecule has 1 saturated heterocycles. The minimum absolute atomic E-state index is 0.0293. The van der Waals surface area contributed by atoms with Gasteiger partial charge < -0.3 is 9.47 Å². The summed E-state index contributed by atoms with van der Waals surface area (Å²) in [6, 6.07) is -0.0503. The van der Waals surface area contributed by atoms with Gasteiger partial charge in [0.25, 0.3) is 0 Å². The van der Waals surface area contributed by atoms with Gasteiger partial charge in [-0.05, 0) is 0 Å². The van der Waals surface area contributed by atoms with Gasteiger partial charge in [-0.3, -0.25) is 14.5 Å². The van der Waals surface area contributed by atoms with Crippen LogP contribution in [0.15, 0.2) is 6.20 Å². The maximum absolute atomic E-state index is 13.7. The van der Waals surface area contributed by atoms with Crippen molar-refractivity contribution in [3.05, 3.63) is 12.0 Å². The molecular weight excluding hydrogens is 257 g/mol. The van der Waals surface area contributed by atoms with Crippen molar-refractivity contribution >= 4 is 17.7 Å². The molecule has 2 rings (SSSR count). The molecule has 7 nitrogen and oxygen atoms in total. The number of rotatable bonds is 3. The monoisotopic (exact) mass is 269 g/mol. The van der Waals surface area contributed by atoms with Crippen molar-refractivity contribution in [3.8, 4) is 6.01 Å². The van der Waals surface area contributed by atoms with Crippen LogP contribution in [-0.4, -0.2) is 42.6 Å². The van der Waals surface area contributed by atoms with Crippen LogP contribution in [0, 0.1) is 11.7 Å². The van der Waals surface area contributed by atoms with Crippen molar-refractivity contribution in [2.45, 2.75) is 6.42 Å². The normalized spacial score (nSPS) is 18.6. The highest BCUT2D eigenvalue weighted by molar-refractivity contribution is 5.98. The molecule has 1 unspecified atom stereocenters. The maximum atomic E-state index is 13.7. The van der Waals surface area contributed by atoms with Crippen molar-refractivity contribution in [2.75, 3.05) is 25.7 Å². The van der Waals surface area contributed by atoms with Gasteiger partial charge >= 0.3 is 12.0 Å². The molecule has 0 aromatic carbocycles. The highest BCUT2D eigenvalue weighted by atomic mass is 19.1. The summed E-state index contributed by atoms with van der Waals surface area (Å²) in [5.41, 5.74) is 0. The number of methoxy groups -OCH3 is 2. The second kappa shape index (κ2) is 5.17. The van der Waals surface area contributed by atoms with Crippen LogP contribution in [0.2, 0.25) is 0 Å². The largest absolute Gasteiger partial charge is 0.469 e. The van der Waals surface area contributed by atoms with E-state index >= 15 is 0 Å². The van der Waals surface area contributed by atoms with E-state index in [2.05, 4.69) is 14.7 Å². The lowest BCUT2D eigenvalue weighted by Crippen LogP contribution is -2.28. The zero-order chi connectivity index (χ0) is 14.0. The molecule has 1 aliphatic rings. The van der Waals surface area contributed by atoms with E-state index in [1.807, 2.05) is 0 Å². The molecule has 2 heterocycles. The maximum Gasteiger partial charge on any atom is 0.318 e. The Kier molecular flexibility index (Phi) is 3.59. The second-order valence-corrected chi connectivity index (χ2v) is 3.96. The minimum atomic E-state index is -0.750. The number of ether oxygens (including phenoxy) is 2. The van der Waals surface area contributed by atoms with Crippen molar-refractivity contribution in [1.29, 1.82) is 0 Å². The molecule has 8 heteroatoms. The minimum Gasteiger partial charge on any atom is -0.469 e. The van der Waals surface area contributed by atoms with E-state index in [-0.39, 0.29) is 24.8 Å². The molecule has 1 amide bonds. The van der Waals surface area contributed by atoms with E-state index in [4.69, 9.17) is 4.74 Å². The molecule has 1 aromatic heterocycles. The lowest BCUT2D eigenvalue weighted by atomic mass is 10.1. The summed E-state index contributed by atoms with van der Waals surface area (Å²) < 4.78 is 23.0. The van der Waals surface area contributed by atoms with Crippen molar-refractivity contribution < 1.29 is 23.5 Å². The standard InChI is InChI=1S/C11H12FN3O4/c1-18-10(17)6-3-8(16)15(5-6)9-7(12)4-13-11(14-9)19-2/h4,6H,3,5H2,1-2H3. The Balaban J connectivity index is 2.27. The lowest BCUT2D eigenvalue weighted by Gasteiger charge is -2.15. The number of anilines is 1. The third kappa shape index (κ3) is 2.47. The molecule has 0 saturated carbocycles. The number of carbonyl (C=O) groups is 2. The van der Waals surface area contributed by atoms with Crippen LogP contribution in [0.4, 0.5) is 10.2 Å². The van der Waals surface area contributed by atoms with E-state index < -0.39 is 23.6 Å². The second-order valence-electron chi connectivity index (χ2n) is 3.96. The Morgan fingerprint density at radius 3 is 2.89 bits per heavy atom. The first kappa shape index (κ1) is 13.2. The molecular formula is C11H12FN3O4. The van der Waals surface area contributed by atoms with E-state index in [1.165, 1.54) is 14.2 Å². The summed E-state index contributed by atoms with van der Waals surface area (Å²) in [7, 11) is 2.57. The SMILES string of the molecule is COC(=O)C1CC(=O)N(c2nc(OC)ncc2F)C1. The summed E-state index contributed by atoms with van der Waals surface area (Å²) in [5.74, 6) is -2.45. The van der Waals surface area contributed by atoms with E-state index in [0.29, 0.717) is 0 Å². The van der Waals surface area contributed by atoms with E-state index in [9.17, 15) is 14.0 Å². The van der Waals surface area contributed by atoms with Crippen LogP contribution in [0.5, 0.6) is 6.01 Å². The van der Waals surface area contributed by atoms with Crippen LogP contribution < -0.4 is 9.64 Å². The van der Waals surface area contributed by atoms with Crippen LogP contribution >= 0.6 is 0 Å². The molecule has 1 fully saturated rings. The third-order valence-corrected chi connectivity index (χ3v) is 2.80. The quantitative estimate of drug-likeness (QED) is 0.726. The van der Waals surface area contributed by atoms with E-state index in [1.54, 1.807) is 0 Å². The summed E-state index contributed by atoms with van der Waals surface area (Å²) >= 11 is 0. The Bertz CT molecular complexity index is 523. The van der Waals surface area contributed by atoms with Crippen LogP contribution in [0.1, 0.15) is 6.42 Å². The zero-order valence-corrected chi connectivity index (χ0v) is 10.4. The predicted molar refractivity (Wildman–Crippen MR) is 61.0 cm³/mol. The fourth-order valence-corrected chi connectivity index (χ4v) is 1.87. The summed E-state index contributed by atoms with van der Waals surface area (Å²) in [6.45, 7) is 0.0304. The van der Waals surface area contributed by atoms with Gasteiger partial charge in [0.15, 0.2) is 11.6 Å². The van der Waals surface area contributed by atoms with E-state index in [0.717, 1.165) is 11.1 Å². The van der Waals surface area contributed by atoms with Gasteiger partial charge in [-0.1, -0.05) is 0 Å². The Hall–Kier alpha value is -2.25. The number of esters is 1. The van der Waals surface area contributed by atoms with Crippen LogP contribution in [0.3, 0.4) is 0 Å². The molecule has 102 valence electrons. The molecule has 1 aliphatic heterocycles. The lowest BCUT2D eigenvalue weighted by molar-refractivity contribution is -0.145. The number of nitrogens with zero attached hydrogens (tertiary/aromatic N) is 3. The number of carbonyl (C=O) groups excluding carboxylic acids is 2. The average Bonchev–Trinajstić information content (AvgIpc) is 2.80. The molecule has 1 atom stereocenters. The first-order valence-electron chi connectivity index (χ1n) is 5.51. The highest BCUT2D eigenvalue weighted by Crippen LogP contribution is 2.27. The van der Waals surface area contributed by atoms with Gasteiger partial charge in [-0.25, -0.2) is 9.37 Å². The van der Waals surface area contributed by atoms with Gasteiger partial charge in [0.1, 0.15) is 0 Å². The van der Waals surface area contributed by atoms with Gasteiger partial charge in [0.2, 0.25) is 5.91 Å². The first-order valence-corrected chi connectivity index (χ1v) is 5.51. The van der Waals surface area contributed by atoms with Crippen LogP contribution in [-0.2, 0) is 14.3 Å². The predicted octanol–water partition coefficient (Wildman–Crippen LogP) is 0.150. The summed E-state index contributed by atoms with van der Waals surface area (Å²) in [4.78, 5) is 31.7. The summed E-state index contributed by atoms with van der Waals surface area (Å²) in [5, 5.41) is 0. The molecule has 0 spiro atoms. The Morgan fingerprint density at radius 2 is 2.26 bits per heavy atom. The highest BCUT2D eigenvalue weighted by Gasteiger charge is 2.37. The zero-order valence-electron chi connectivity index (χ0n) is 10.4. The van der Waals surface area contributed by atoms with Gasteiger partial charge in [-0.2, -0.15) is 4.98 Å². The fourth-order valence-electron chi connectivity index (χ4n) is 1.87. The number of aromatic nitrogens is 2. The van der Waals surface area contributed by atoms with Crippen molar-refractivity contribution in [3.63, 3.8) is 0 Å². The Morgan fingerprint density at radius 1 is 1.53 bits per heavy atom. The van der Waals surface area contributed by atoms with Gasteiger partial charge in [0, 0.05) is 13.0 Å². The third-order valence-electron chi connectivity index (χ3n) is 2.80. The molecule has 0 bridgehead atoms. The number of amides is 1.